The van der Waals surface area contributed by atoms with Crippen LogP contribution >= 0.6 is 11.8 Å². The molecule has 0 aliphatic carbocycles. The van der Waals surface area contributed by atoms with Crippen LogP contribution in [0.25, 0.3) is 0 Å². The zero-order valence-corrected chi connectivity index (χ0v) is 11.5. The van der Waals surface area contributed by atoms with Crippen molar-refractivity contribution in [1.29, 1.82) is 0 Å². The summed E-state index contributed by atoms with van der Waals surface area (Å²) in [6.45, 7) is 1.82. The fourth-order valence-corrected chi connectivity index (χ4v) is 4.19. The van der Waals surface area contributed by atoms with E-state index in [0.717, 1.165) is 19.6 Å². The normalized spacial score (nSPS) is 27.4. The molecule has 4 heteroatoms. The van der Waals surface area contributed by atoms with Crippen LogP contribution in [-0.4, -0.2) is 29.8 Å². The molecule has 100 valence electrons. The van der Waals surface area contributed by atoms with Gasteiger partial charge >= 0.3 is 0 Å². The molecule has 18 heavy (non-hydrogen) atoms. The van der Waals surface area contributed by atoms with Crippen LogP contribution in [0.3, 0.4) is 0 Å². The Kier molecular flexibility index (Phi) is 3.97. The van der Waals surface area contributed by atoms with Crippen LogP contribution in [0.4, 0.5) is 0 Å². The number of hydrogen-bond donors (Lipinski definition) is 1. The lowest BCUT2D eigenvalue weighted by Crippen LogP contribution is -2.48. The first-order valence-corrected chi connectivity index (χ1v) is 7.98. The molecular formula is C14H21NO2S. The van der Waals surface area contributed by atoms with E-state index in [4.69, 9.17) is 9.15 Å². The monoisotopic (exact) mass is 267 g/mol. The molecule has 2 aliphatic heterocycles. The predicted octanol–water partition coefficient (Wildman–Crippen LogP) is 2.81. The molecule has 0 aromatic carbocycles. The number of thioether (sulfide) groups is 1. The zero-order valence-electron chi connectivity index (χ0n) is 10.7. The third-order valence-corrected chi connectivity index (χ3v) is 5.06. The molecule has 2 aliphatic rings. The Morgan fingerprint density at radius 2 is 2.28 bits per heavy atom. The summed E-state index contributed by atoms with van der Waals surface area (Å²) in [4.78, 5) is 0. The summed E-state index contributed by atoms with van der Waals surface area (Å²) < 4.78 is 11.2. The van der Waals surface area contributed by atoms with Crippen molar-refractivity contribution in [3.8, 4) is 0 Å². The van der Waals surface area contributed by atoms with Crippen molar-refractivity contribution in [1.82, 2.24) is 5.32 Å². The minimum Gasteiger partial charge on any atom is -0.472 e. The number of furan rings is 1. The van der Waals surface area contributed by atoms with Crippen molar-refractivity contribution in [3.63, 3.8) is 0 Å². The molecule has 3 heterocycles. The van der Waals surface area contributed by atoms with E-state index in [-0.39, 0.29) is 5.60 Å². The van der Waals surface area contributed by atoms with E-state index < -0.39 is 0 Å². The Bertz CT molecular complexity index is 354. The molecule has 1 atom stereocenters. The Balaban J connectivity index is 1.53. The average Bonchev–Trinajstić information content (AvgIpc) is 2.91. The number of hydrogen-bond acceptors (Lipinski definition) is 4. The van der Waals surface area contributed by atoms with Gasteiger partial charge in [-0.1, -0.05) is 0 Å². The maximum atomic E-state index is 6.10. The molecule has 0 saturated carbocycles. The van der Waals surface area contributed by atoms with Crippen molar-refractivity contribution in [2.24, 2.45) is 0 Å². The van der Waals surface area contributed by atoms with Gasteiger partial charge in [-0.05, 0) is 43.3 Å². The lowest BCUT2D eigenvalue weighted by molar-refractivity contribution is -0.0933. The summed E-state index contributed by atoms with van der Waals surface area (Å²) in [6, 6.07) is 2.62. The summed E-state index contributed by atoms with van der Waals surface area (Å²) in [6.07, 6.45) is 8.31. The van der Waals surface area contributed by atoms with Gasteiger partial charge in [-0.25, -0.2) is 0 Å². The van der Waals surface area contributed by atoms with Gasteiger partial charge in [0.05, 0.1) is 18.1 Å². The average molecular weight is 267 g/mol. The van der Waals surface area contributed by atoms with Crippen LogP contribution < -0.4 is 5.32 Å². The molecule has 3 nitrogen and oxygen atoms in total. The van der Waals surface area contributed by atoms with E-state index in [1.54, 1.807) is 6.26 Å². The van der Waals surface area contributed by atoms with Crippen molar-refractivity contribution < 1.29 is 9.15 Å². The Morgan fingerprint density at radius 3 is 3.06 bits per heavy atom. The Hall–Kier alpha value is -0.450. The molecule has 0 radical (unpaired) electrons. The van der Waals surface area contributed by atoms with Crippen LogP contribution in [0.2, 0.25) is 0 Å². The van der Waals surface area contributed by atoms with Crippen LogP contribution in [0, 0.1) is 0 Å². The summed E-state index contributed by atoms with van der Waals surface area (Å²) in [7, 11) is 0. The van der Waals surface area contributed by atoms with Crippen molar-refractivity contribution in [3.05, 3.63) is 24.2 Å². The lowest BCUT2D eigenvalue weighted by Gasteiger charge is -2.43. The molecule has 1 N–H and O–H groups in total. The second-order valence-electron chi connectivity index (χ2n) is 5.35. The molecule has 1 aromatic rings. The maximum Gasteiger partial charge on any atom is 0.0947 e. The highest BCUT2D eigenvalue weighted by molar-refractivity contribution is 7.99. The molecular weight excluding hydrogens is 246 g/mol. The van der Waals surface area contributed by atoms with Gasteiger partial charge in [0.15, 0.2) is 0 Å². The van der Waals surface area contributed by atoms with Crippen LogP contribution in [0.15, 0.2) is 23.0 Å². The number of nitrogens with one attached hydrogen (secondary N) is 1. The third kappa shape index (κ3) is 2.92. The van der Waals surface area contributed by atoms with Gasteiger partial charge in [0.1, 0.15) is 0 Å². The number of ether oxygens (including phenoxy) is 1. The van der Waals surface area contributed by atoms with Crippen LogP contribution in [0.1, 0.15) is 31.2 Å². The van der Waals surface area contributed by atoms with E-state index in [2.05, 4.69) is 17.1 Å². The van der Waals surface area contributed by atoms with E-state index >= 15 is 0 Å². The Morgan fingerprint density at radius 1 is 1.39 bits per heavy atom. The highest BCUT2D eigenvalue weighted by Crippen LogP contribution is 2.37. The second kappa shape index (κ2) is 5.68. The first kappa shape index (κ1) is 12.6. The number of rotatable bonds is 3. The van der Waals surface area contributed by atoms with Crippen molar-refractivity contribution in [2.45, 2.75) is 43.9 Å². The largest absolute Gasteiger partial charge is 0.472 e. The first-order valence-electron chi connectivity index (χ1n) is 6.83. The summed E-state index contributed by atoms with van der Waals surface area (Å²) in [5.74, 6) is 2.52. The summed E-state index contributed by atoms with van der Waals surface area (Å²) in [5, 5.41) is 3.65. The standard InChI is InChI=1S/C14H21NO2S/c1-5-16-11-12(1)10-15-13-2-6-17-14(9-13)3-7-18-8-4-14/h1,5,11,13,15H,2-4,6-10H2. The molecule has 1 unspecified atom stereocenters. The molecule has 2 fully saturated rings. The highest BCUT2D eigenvalue weighted by atomic mass is 32.2. The minimum atomic E-state index is 0.178. The maximum absolute atomic E-state index is 6.10. The van der Waals surface area contributed by atoms with Gasteiger partial charge < -0.3 is 14.5 Å². The highest BCUT2D eigenvalue weighted by Gasteiger charge is 2.38. The molecule has 0 bridgehead atoms. The molecule has 3 rings (SSSR count). The van der Waals surface area contributed by atoms with Crippen molar-refractivity contribution >= 4 is 11.8 Å². The Labute approximate surface area is 113 Å². The van der Waals surface area contributed by atoms with E-state index in [1.807, 2.05) is 12.3 Å². The molecule has 2 saturated heterocycles. The molecule has 1 aromatic heterocycles. The summed E-state index contributed by atoms with van der Waals surface area (Å²) in [5.41, 5.74) is 1.41. The van der Waals surface area contributed by atoms with E-state index in [9.17, 15) is 0 Å². The van der Waals surface area contributed by atoms with Crippen LogP contribution in [0.5, 0.6) is 0 Å². The van der Waals surface area contributed by atoms with Crippen LogP contribution in [-0.2, 0) is 11.3 Å². The van der Waals surface area contributed by atoms with Gasteiger partial charge in [0.25, 0.3) is 0 Å². The van der Waals surface area contributed by atoms with E-state index in [0.29, 0.717) is 6.04 Å². The lowest BCUT2D eigenvalue weighted by atomic mass is 9.85. The van der Waals surface area contributed by atoms with Gasteiger partial charge in [-0.15, -0.1) is 0 Å². The minimum absolute atomic E-state index is 0.178. The van der Waals surface area contributed by atoms with E-state index in [1.165, 1.54) is 36.3 Å². The quantitative estimate of drug-likeness (QED) is 0.913. The molecule has 1 spiro atoms. The fourth-order valence-electron chi connectivity index (χ4n) is 2.95. The predicted molar refractivity (Wildman–Crippen MR) is 73.8 cm³/mol. The smallest absolute Gasteiger partial charge is 0.0947 e. The topological polar surface area (TPSA) is 34.4 Å². The van der Waals surface area contributed by atoms with Gasteiger partial charge in [-0.2, -0.15) is 11.8 Å². The van der Waals surface area contributed by atoms with Crippen molar-refractivity contribution in [2.75, 3.05) is 18.1 Å². The van der Waals surface area contributed by atoms with Gasteiger partial charge in [-0.3, -0.25) is 0 Å². The third-order valence-electron chi connectivity index (χ3n) is 4.07. The molecule has 0 amide bonds. The van der Waals surface area contributed by atoms with Gasteiger partial charge in [0, 0.05) is 24.8 Å². The SMILES string of the molecule is c1cc(CNC2CCOC3(CCSCC3)C2)co1. The second-order valence-corrected chi connectivity index (χ2v) is 6.57. The zero-order chi connectivity index (χ0) is 12.3. The summed E-state index contributed by atoms with van der Waals surface area (Å²) >= 11 is 2.06. The van der Waals surface area contributed by atoms with Gasteiger partial charge in [0.2, 0.25) is 0 Å². The first-order chi connectivity index (χ1) is 8.86. The fraction of sp³-hybridized carbons (Fsp3) is 0.714.